The van der Waals surface area contributed by atoms with E-state index in [4.69, 9.17) is 0 Å². The van der Waals surface area contributed by atoms with Gasteiger partial charge in [0, 0.05) is 11.9 Å². The normalized spacial score (nSPS) is 10.8. The summed E-state index contributed by atoms with van der Waals surface area (Å²) in [7, 11) is 0. The molecule has 1 N–H and O–H groups in total. The van der Waals surface area contributed by atoms with E-state index in [1.54, 1.807) is 29.7 Å². The second kappa shape index (κ2) is 5.44. The van der Waals surface area contributed by atoms with Crippen molar-refractivity contribution in [2.24, 2.45) is 0 Å². The van der Waals surface area contributed by atoms with Crippen molar-refractivity contribution in [3.05, 3.63) is 64.6 Å². The van der Waals surface area contributed by atoms with Crippen molar-refractivity contribution >= 4 is 17.1 Å². The molecular formula is C15H13FN4O2. The Bertz CT molecular complexity index is 896. The first-order chi connectivity index (χ1) is 10.5. The molecule has 0 unspecified atom stereocenters. The molecule has 2 heterocycles. The van der Waals surface area contributed by atoms with Crippen LogP contribution in [0.2, 0.25) is 0 Å². The van der Waals surface area contributed by atoms with Crippen LogP contribution in [0.1, 0.15) is 5.82 Å². The quantitative estimate of drug-likeness (QED) is 0.798. The molecule has 0 aliphatic heterocycles. The van der Waals surface area contributed by atoms with E-state index in [1.165, 1.54) is 24.3 Å². The predicted molar refractivity (Wildman–Crippen MR) is 79.2 cm³/mol. The highest BCUT2D eigenvalue weighted by Gasteiger charge is 2.11. The number of hydrogen-bond donors (Lipinski definition) is 1. The molecule has 0 fully saturated rings. The Morgan fingerprint density at radius 2 is 2.00 bits per heavy atom. The summed E-state index contributed by atoms with van der Waals surface area (Å²) in [6.45, 7) is 1.54. The van der Waals surface area contributed by atoms with Crippen molar-refractivity contribution in [1.82, 2.24) is 14.2 Å². The number of benzene rings is 1. The number of halogens is 1. The summed E-state index contributed by atoms with van der Waals surface area (Å²) in [6, 6.07) is 8.81. The maximum Gasteiger partial charge on any atom is 0.291 e. The van der Waals surface area contributed by atoms with Crippen LogP contribution in [-0.2, 0) is 11.3 Å². The molecule has 3 aromatic rings. The molecule has 0 bridgehead atoms. The molecule has 112 valence electrons. The Labute approximate surface area is 124 Å². The first-order valence-electron chi connectivity index (χ1n) is 6.65. The van der Waals surface area contributed by atoms with E-state index >= 15 is 0 Å². The highest BCUT2D eigenvalue weighted by Crippen LogP contribution is 2.08. The first kappa shape index (κ1) is 14.0. The van der Waals surface area contributed by atoms with Crippen LogP contribution in [0.25, 0.3) is 5.52 Å². The Kier molecular flexibility index (Phi) is 3.46. The van der Waals surface area contributed by atoms with Gasteiger partial charge in [0.1, 0.15) is 23.7 Å². The minimum Gasteiger partial charge on any atom is -0.324 e. The van der Waals surface area contributed by atoms with Crippen molar-refractivity contribution in [3.8, 4) is 0 Å². The Morgan fingerprint density at radius 1 is 1.27 bits per heavy atom. The summed E-state index contributed by atoms with van der Waals surface area (Å²) >= 11 is 0. The number of nitrogens with one attached hydrogen (secondary N) is 1. The van der Waals surface area contributed by atoms with Gasteiger partial charge in [0.2, 0.25) is 5.91 Å². The molecule has 2 aromatic heterocycles. The average Bonchev–Trinajstić information content (AvgIpc) is 2.97. The van der Waals surface area contributed by atoms with Crippen molar-refractivity contribution in [1.29, 1.82) is 0 Å². The van der Waals surface area contributed by atoms with Crippen molar-refractivity contribution in [3.63, 3.8) is 0 Å². The first-order valence-corrected chi connectivity index (χ1v) is 6.65. The number of carbonyl (C=O) groups excluding carboxylic acids is 1. The van der Waals surface area contributed by atoms with E-state index < -0.39 is 5.91 Å². The fraction of sp³-hybridized carbons (Fsp3) is 0.133. The number of nitrogens with zero attached hydrogens (tertiary/aromatic N) is 3. The molecule has 0 saturated heterocycles. The van der Waals surface area contributed by atoms with Gasteiger partial charge in [-0.05, 0) is 43.3 Å². The third-order valence-corrected chi connectivity index (χ3v) is 3.24. The average molecular weight is 300 g/mol. The van der Waals surface area contributed by atoms with Gasteiger partial charge in [0.05, 0.1) is 0 Å². The summed E-state index contributed by atoms with van der Waals surface area (Å²) in [4.78, 5) is 24.2. The van der Waals surface area contributed by atoms with Gasteiger partial charge in [-0.15, -0.1) is 0 Å². The number of anilines is 1. The maximum atomic E-state index is 12.8. The second-order valence-electron chi connectivity index (χ2n) is 4.83. The van der Waals surface area contributed by atoms with Crippen LogP contribution in [0.15, 0.2) is 47.4 Å². The smallest absolute Gasteiger partial charge is 0.291 e. The number of fused-ring (bicyclic) bond motifs is 1. The molecule has 0 saturated carbocycles. The van der Waals surface area contributed by atoms with Gasteiger partial charge in [-0.1, -0.05) is 0 Å². The Balaban J connectivity index is 1.83. The van der Waals surface area contributed by atoms with Gasteiger partial charge in [-0.25, -0.2) is 9.07 Å². The molecule has 0 aliphatic carbocycles. The summed E-state index contributed by atoms with van der Waals surface area (Å²) in [5, 5.41) is 6.71. The third kappa shape index (κ3) is 2.60. The van der Waals surface area contributed by atoms with E-state index in [0.717, 1.165) is 4.68 Å². The van der Waals surface area contributed by atoms with Gasteiger partial charge in [0.25, 0.3) is 5.56 Å². The summed E-state index contributed by atoms with van der Waals surface area (Å²) in [5.41, 5.74) is 0.576. The lowest BCUT2D eigenvalue weighted by atomic mass is 10.3. The lowest BCUT2D eigenvalue weighted by Gasteiger charge is -2.08. The number of amides is 1. The molecule has 0 aliphatic rings. The molecular weight excluding hydrogens is 287 g/mol. The molecule has 6 nitrogen and oxygen atoms in total. The van der Waals surface area contributed by atoms with Gasteiger partial charge in [-0.3, -0.25) is 14.0 Å². The molecule has 1 amide bonds. The third-order valence-electron chi connectivity index (χ3n) is 3.24. The fourth-order valence-electron chi connectivity index (χ4n) is 2.21. The van der Waals surface area contributed by atoms with Gasteiger partial charge >= 0.3 is 0 Å². The molecule has 3 rings (SSSR count). The lowest BCUT2D eigenvalue weighted by Crippen LogP contribution is -2.31. The second-order valence-corrected chi connectivity index (χ2v) is 4.83. The molecule has 0 atom stereocenters. The van der Waals surface area contributed by atoms with Crippen LogP contribution in [0.4, 0.5) is 10.1 Å². The Morgan fingerprint density at radius 3 is 2.73 bits per heavy atom. The van der Waals surface area contributed by atoms with E-state index in [2.05, 4.69) is 10.4 Å². The van der Waals surface area contributed by atoms with Gasteiger partial charge in [0.15, 0.2) is 0 Å². The summed E-state index contributed by atoms with van der Waals surface area (Å²) < 4.78 is 15.6. The standard InChI is InChI=1S/C15H13FN4O2/c1-10-18-20(15(22)13-3-2-8-19(10)13)9-14(21)17-12-6-4-11(16)5-7-12/h2-8H,9H2,1H3,(H,17,21). The van der Waals surface area contributed by atoms with Gasteiger partial charge in [-0.2, -0.15) is 5.10 Å². The molecule has 0 spiro atoms. The minimum absolute atomic E-state index is 0.210. The fourth-order valence-corrected chi connectivity index (χ4v) is 2.21. The van der Waals surface area contributed by atoms with Crippen LogP contribution >= 0.6 is 0 Å². The zero-order chi connectivity index (χ0) is 15.7. The topological polar surface area (TPSA) is 68.4 Å². The lowest BCUT2D eigenvalue weighted by molar-refractivity contribution is -0.117. The highest BCUT2D eigenvalue weighted by atomic mass is 19.1. The number of carbonyl (C=O) groups is 1. The van der Waals surface area contributed by atoms with Crippen LogP contribution in [-0.4, -0.2) is 20.1 Å². The number of aryl methyl sites for hydroxylation is 1. The largest absolute Gasteiger partial charge is 0.324 e. The molecule has 22 heavy (non-hydrogen) atoms. The van der Waals surface area contributed by atoms with E-state index in [1.807, 2.05) is 0 Å². The Hall–Kier alpha value is -2.96. The maximum absolute atomic E-state index is 12.8. The zero-order valence-electron chi connectivity index (χ0n) is 11.8. The number of hydrogen-bond acceptors (Lipinski definition) is 3. The van der Waals surface area contributed by atoms with Crippen molar-refractivity contribution in [2.45, 2.75) is 13.5 Å². The van der Waals surface area contributed by atoms with Crippen LogP contribution in [0.5, 0.6) is 0 Å². The number of rotatable bonds is 3. The van der Waals surface area contributed by atoms with E-state index in [0.29, 0.717) is 17.0 Å². The van der Waals surface area contributed by atoms with Gasteiger partial charge < -0.3 is 5.32 Å². The highest BCUT2D eigenvalue weighted by molar-refractivity contribution is 5.90. The predicted octanol–water partition coefficient (Wildman–Crippen LogP) is 1.58. The van der Waals surface area contributed by atoms with Crippen LogP contribution < -0.4 is 10.9 Å². The number of aromatic nitrogens is 3. The monoisotopic (exact) mass is 300 g/mol. The van der Waals surface area contributed by atoms with Crippen molar-refractivity contribution in [2.75, 3.05) is 5.32 Å². The molecule has 0 radical (unpaired) electrons. The zero-order valence-corrected chi connectivity index (χ0v) is 11.8. The van der Waals surface area contributed by atoms with Crippen LogP contribution in [0, 0.1) is 12.7 Å². The summed E-state index contributed by atoms with van der Waals surface area (Å²) in [6.07, 6.45) is 1.74. The molecule has 7 heteroatoms. The molecule has 1 aromatic carbocycles. The van der Waals surface area contributed by atoms with Crippen molar-refractivity contribution < 1.29 is 9.18 Å². The minimum atomic E-state index is -0.406. The summed E-state index contributed by atoms with van der Waals surface area (Å²) in [5.74, 6) is -0.184. The van der Waals surface area contributed by atoms with E-state index in [-0.39, 0.29) is 17.9 Å². The van der Waals surface area contributed by atoms with Crippen LogP contribution in [0.3, 0.4) is 0 Å². The SMILES string of the molecule is Cc1nn(CC(=O)Nc2ccc(F)cc2)c(=O)c2cccn12. The van der Waals surface area contributed by atoms with E-state index in [9.17, 15) is 14.0 Å².